The lowest BCUT2D eigenvalue weighted by Gasteiger charge is -2.06. The second kappa shape index (κ2) is 5.57. The van der Waals surface area contributed by atoms with Crippen LogP contribution in [0.4, 0.5) is 5.82 Å². The standard InChI is InChI=1S/C16H15N3O3/c1-10-7-12(22-2)3-4-13(10)15-16(18-21)19-6-5-11(9-20)8-14(19)17-15/h3-8,20H,9H2,1-2H3. The Morgan fingerprint density at radius 1 is 1.32 bits per heavy atom. The van der Waals surface area contributed by atoms with E-state index in [0.717, 1.165) is 22.4 Å². The van der Waals surface area contributed by atoms with Crippen LogP contribution in [0.1, 0.15) is 11.1 Å². The quantitative estimate of drug-likeness (QED) is 0.750. The molecule has 0 aliphatic rings. The molecule has 0 unspecified atom stereocenters. The van der Waals surface area contributed by atoms with Crippen molar-refractivity contribution >= 4 is 11.5 Å². The summed E-state index contributed by atoms with van der Waals surface area (Å²) in [6.07, 6.45) is 1.69. The summed E-state index contributed by atoms with van der Waals surface area (Å²) in [6.45, 7) is 1.85. The van der Waals surface area contributed by atoms with Gasteiger partial charge in [0.25, 0.3) is 0 Å². The molecule has 2 heterocycles. The van der Waals surface area contributed by atoms with Gasteiger partial charge in [-0.1, -0.05) is 0 Å². The summed E-state index contributed by atoms with van der Waals surface area (Å²) in [7, 11) is 1.61. The monoisotopic (exact) mass is 297 g/mol. The molecule has 6 heteroatoms. The third kappa shape index (κ3) is 2.23. The molecule has 0 saturated heterocycles. The number of methoxy groups -OCH3 is 1. The van der Waals surface area contributed by atoms with E-state index in [2.05, 4.69) is 10.2 Å². The van der Waals surface area contributed by atoms with Crippen LogP contribution in [-0.4, -0.2) is 21.6 Å². The van der Waals surface area contributed by atoms with E-state index in [-0.39, 0.29) is 12.4 Å². The average molecular weight is 297 g/mol. The Hall–Kier alpha value is -2.73. The van der Waals surface area contributed by atoms with Crippen LogP contribution >= 0.6 is 0 Å². The highest BCUT2D eigenvalue weighted by Crippen LogP contribution is 2.34. The predicted octanol–water partition coefficient (Wildman–Crippen LogP) is 3.21. The Bertz CT molecular complexity index is 855. The van der Waals surface area contributed by atoms with Crippen molar-refractivity contribution in [3.05, 3.63) is 52.6 Å². The molecule has 112 valence electrons. The first-order chi connectivity index (χ1) is 10.7. The molecule has 0 amide bonds. The molecule has 1 aromatic carbocycles. The van der Waals surface area contributed by atoms with Crippen LogP contribution in [0, 0.1) is 11.8 Å². The van der Waals surface area contributed by atoms with Gasteiger partial charge >= 0.3 is 0 Å². The number of fused-ring (bicyclic) bond motifs is 1. The normalized spacial score (nSPS) is 10.9. The van der Waals surface area contributed by atoms with E-state index in [0.29, 0.717) is 11.3 Å². The molecule has 0 aliphatic heterocycles. The first-order valence-corrected chi connectivity index (χ1v) is 6.78. The number of imidazole rings is 1. The van der Waals surface area contributed by atoms with Gasteiger partial charge in [0.1, 0.15) is 17.1 Å². The smallest absolute Gasteiger partial charge is 0.209 e. The Balaban J connectivity index is 2.24. The number of aliphatic hydroxyl groups excluding tert-OH is 1. The maximum Gasteiger partial charge on any atom is 0.209 e. The number of hydrogen-bond donors (Lipinski definition) is 1. The van der Waals surface area contributed by atoms with Gasteiger partial charge in [0.2, 0.25) is 5.82 Å². The third-order valence-electron chi connectivity index (χ3n) is 3.62. The Kier molecular flexibility index (Phi) is 3.60. The zero-order valence-electron chi connectivity index (χ0n) is 12.3. The van der Waals surface area contributed by atoms with Gasteiger partial charge in [-0.2, -0.15) is 0 Å². The van der Waals surface area contributed by atoms with Crippen molar-refractivity contribution in [1.29, 1.82) is 0 Å². The van der Waals surface area contributed by atoms with E-state index in [1.165, 1.54) is 0 Å². The number of nitroso groups, excluding NO2 is 1. The van der Waals surface area contributed by atoms with E-state index in [1.807, 2.05) is 25.1 Å². The molecule has 2 aromatic heterocycles. The summed E-state index contributed by atoms with van der Waals surface area (Å²) in [5.41, 5.74) is 3.59. The van der Waals surface area contributed by atoms with Gasteiger partial charge in [-0.3, -0.25) is 4.40 Å². The molecule has 22 heavy (non-hydrogen) atoms. The minimum atomic E-state index is -0.0793. The van der Waals surface area contributed by atoms with Gasteiger partial charge in [-0.25, -0.2) is 4.98 Å². The molecule has 0 fully saturated rings. The molecule has 6 nitrogen and oxygen atoms in total. The summed E-state index contributed by atoms with van der Waals surface area (Å²) >= 11 is 0. The summed E-state index contributed by atoms with van der Waals surface area (Å²) in [6, 6.07) is 9.02. The SMILES string of the molecule is COc1ccc(-c2nc3cc(CO)ccn3c2N=O)c(C)c1. The molecule has 1 N–H and O–H groups in total. The van der Waals surface area contributed by atoms with Crippen LogP contribution in [0.25, 0.3) is 16.9 Å². The highest BCUT2D eigenvalue weighted by atomic mass is 16.5. The zero-order chi connectivity index (χ0) is 15.7. The minimum Gasteiger partial charge on any atom is -0.497 e. The van der Waals surface area contributed by atoms with Gasteiger partial charge in [-0.15, -0.1) is 4.91 Å². The third-order valence-corrected chi connectivity index (χ3v) is 3.62. The zero-order valence-corrected chi connectivity index (χ0v) is 12.3. The second-order valence-electron chi connectivity index (χ2n) is 4.98. The van der Waals surface area contributed by atoms with Crippen molar-refractivity contribution < 1.29 is 9.84 Å². The van der Waals surface area contributed by atoms with Gasteiger partial charge in [0.05, 0.1) is 13.7 Å². The Labute approximate surface area is 127 Å². The number of pyridine rings is 1. The highest BCUT2D eigenvalue weighted by Gasteiger charge is 2.17. The molecular formula is C16H15N3O3. The fourth-order valence-corrected chi connectivity index (χ4v) is 2.47. The fraction of sp³-hybridized carbons (Fsp3) is 0.188. The number of ether oxygens (including phenoxy) is 1. The molecule has 3 rings (SSSR count). The Morgan fingerprint density at radius 3 is 2.77 bits per heavy atom. The topological polar surface area (TPSA) is 76.2 Å². The van der Waals surface area contributed by atoms with E-state index in [9.17, 15) is 10.0 Å². The van der Waals surface area contributed by atoms with E-state index < -0.39 is 0 Å². The lowest BCUT2D eigenvalue weighted by Crippen LogP contribution is -1.88. The summed E-state index contributed by atoms with van der Waals surface area (Å²) in [4.78, 5) is 15.8. The number of nitrogens with zero attached hydrogens (tertiary/aromatic N) is 3. The number of aryl methyl sites for hydroxylation is 1. The second-order valence-corrected chi connectivity index (χ2v) is 4.98. The number of benzene rings is 1. The van der Waals surface area contributed by atoms with Crippen molar-refractivity contribution in [3.8, 4) is 17.0 Å². The van der Waals surface area contributed by atoms with Gasteiger partial charge in [0.15, 0.2) is 0 Å². The lowest BCUT2D eigenvalue weighted by atomic mass is 10.1. The molecular weight excluding hydrogens is 282 g/mol. The summed E-state index contributed by atoms with van der Waals surface area (Å²) in [5, 5.41) is 12.3. The summed E-state index contributed by atoms with van der Waals surface area (Å²) in [5.74, 6) is 0.987. The summed E-state index contributed by atoms with van der Waals surface area (Å²) < 4.78 is 6.81. The van der Waals surface area contributed by atoms with Crippen molar-refractivity contribution in [2.45, 2.75) is 13.5 Å². The minimum absolute atomic E-state index is 0.0793. The number of rotatable bonds is 4. The van der Waals surface area contributed by atoms with Crippen LogP contribution in [0.2, 0.25) is 0 Å². The maximum atomic E-state index is 11.3. The van der Waals surface area contributed by atoms with Crippen LogP contribution in [-0.2, 0) is 6.61 Å². The Morgan fingerprint density at radius 2 is 2.14 bits per heavy atom. The molecule has 0 bridgehead atoms. The van der Waals surface area contributed by atoms with Crippen molar-refractivity contribution in [3.63, 3.8) is 0 Å². The average Bonchev–Trinajstić information content (AvgIpc) is 2.91. The molecule has 0 spiro atoms. The van der Waals surface area contributed by atoms with Gasteiger partial charge in [0, 0.05) is 11.8 Å². The van der Waals surface area contributed by atoms with Crippen molar-refractivity contribution in [2.75, 3.05) is 7.11 Å². The maximum absolute atomic E-state index is 11.3. The van der Waals surface area contributed by atoms with Crippen molar-refractivity contribution in [1.82, 2.24) is 9.38 Å². The molecule has 0 atom stereocenters. The number of hydrogen-bond acceptors (Lipinski definition) is 5. The first-order valence-electron chi connectivity index (χ1n) is 6.78. The predicted molar refractivity (Wildman–Crippen MR) is 83.3 cm³/mol. The van der Waals surface area contributed by atoms with Crippen LogP contribution < -0.4 is 4.74 Å². The van der Waals surface area contributed by atoms with E-state index in [4.69, 9.17) is 4.74 Å². The van der Waals surface area contributed by atoms with E-state index >= 15 is 0 Å². The number of aromatic nitrogens is 2. The van der Waals surface area contributed by atoms with Crippen molar-refractivity contribution in [2.24, 2.45) is 5.18 Å². The molecule has 3 aromatic rings. The van der Waals surface area contributed by atoms with E-state index in [1.54, 1.807) is 29.8 Å². The largest absolute Gasteiger partial charge is 0.497 e. The van der Waals surface area contributed by atoms with Gasteiger partial charge in [-0.05, 0) is 53.6 Å². The van der Waals surface area contributed by atoms with Crippen LogP contribution in [0.5, 0.6) is 5.75 Å². The van der Waals surface area contributed by atoms with Gasteiger partial charge < -0.3 is 9.84 Å². The highest BCUT2D eigenvalue weighted by molar-refractivity contribution is 5.77. The number of aliphatic hydroxyl groups is 1. The lowest BCUT2D eigenvalue weighted by molar-refractivity contribution is 0.282. The fourth-order valence-electron chi connectivity index (χ4n) is 2.47. The molecule has 0 saturated carbocycles. The van der Waals surface area contributed by atoms with Crippen LogP contribution in [0.15, 0.2) is 41.7 Å². The molecule has 0 radical (unpaired) electrons. The van der Waals surface area contributed by atoms with Crippen LogP contribution in [0.3, 0.4) is 0 Å². The molecule has 0 aliphatic carbocycles. The first kappa shape index (κ1) is 14.2.